The second-order valence-corrected chi connectivity index (χ2v) is 7.81. The van der Waals surface area contributed by atoms with Crippen molar-refractivity contribution < 1.29 is 4.52 Å². The fourth-order valence-corrected chi connectivity index (χ4v) is 3.57. The molecular weight excluding hydrogens is 392 g/mol. The molecule has 0 amide bonds. The van der Waals surface area contributed by atoms with Crippen molar-refractivity contribution in [2.45, 2.75) is 25.2 Å². The molecule has 0 spiro atoms. The minimum Gasteiger partial charge on any atom is -0.404 e. The number of aromatic nitrogens is 5. The number of rotatable bonds is 8. The van der Waals surface area contributed by atoms with Crippen molar-refractivity contribution in [1.82, 2.24) is 30.2 Å². The third-order valence-corrected chi connectivity index (χ3v) is 5.72. The van der Waals surface area contributed by atoms with Gasteiger partial charge in [-0.3, -0.25) is 9.67 Å². The molecule has 0 aromatic carbocycles. The van der Waals surface area contributed by atoms with Crippen LogP contribution < -0.4 is 11.1 Å². The third-order valence-electron chi connectivity index (χ3n) is 5.72. The van der Waals surface area contributed by atoms with Crippen LogP contribution in [0.15, 0.2) is 58.8 Å². The van der Waals surface area contributed by atoms with Crippen LogP contribution in [-0.2, 0) is 12.5 Å². The second kappa shape index (κ2) is 8.17. The van der Waals surface area contributed by atoms with Crippen LogP contribution in [0.5, 0.6) is 0 Å². The summed E-state index contributed by atoms with van der Waals surface area (Å²) >= 11 is 0. The number of nitrogens with two attached hydrogens (primary N) is 1. The fourth-order valence-electron chi connectivity index (χ4n) is 3.57. The van der Waals surface area contributed by atoms with E-state index in [9.17, 15) is 0 Å². The first-order chi connectivity index (χ1) is 15.0. The molecule has 0 aliphatic heterocycles. The lowest BCUT2D eigenvalue weighted by Crippen LogP contribution is -2.28. The smallest absolute Gasteiger partial charge is 0.261 e. The molecule has 0 radical (unpaired) electrons. The van der Waals surface area contributed by atoms with E-state index in [2.05, 4.69) is 39.1 Å². The Morgan fingerprint density at radius 1 is 1.39 bits per heavy atom. The summed E-state index contributed by atoms with van der Waals surface area (Å²) in [4.78, 5) is 13.6. The van der Waals surface area contributed by atoms with Crippen LogP contribution in [0, 0.1) is 5.92 Å². The van der Waals surface area contributed by atoms with Gasteiger partial charge >= 0.3 is 0 Å². The number of allylic oxidation sites excluding steroid dienone is 1. The zero-order valence-corrected chi connectivity index (χ0v) is 17.9. The first-order valence-corrected chi connectivity index (χ1v) is 10.1. The molecule has 3 heterocycles. The van der Waals surface area contributed by atoms with Gasteiger partial charge in [-0.25, -0.2) is 4.99 Å². The maximum atomic E-state index is 5.78. The van der Waals surface area contributed by atoms with Crippen molar-refractivity contribution in [1.29, 1.82) is 0 Å². The Kier molecular flexibility index (Phi) is 5.41. The van der Waals surface area contributed by atoms with E-state index in [-0.39, 0.29) is 0 Å². The molecule has 31 heavy (non-hydrogen) atoms. The molecule has 1 fully saturated rings. The van der Waals surface area contributed by atoms with E-state index in [4.69, 9.17) is 15.2 Å². The number of hydrogen-bond acceptors (Lipinski definition) is 8. The minimum atomic E-state index is -0.392. The van der Waals surface area contributed by atoms with E-state index < -0.39 is 5.41 Å². The van der Waals surface area contributed by atoms with Gasteiger partial charge in [0.05, 0.1) is 22.9 Å². The minimum absolute atomic E-state index is 0.392. The molecule has 3 aromatic heterocycles. The monoisotopic (exact) mass is 418 g/mol. The molecular formula is C22H26N8O. The highest BCUT2D eigenvalue weighted by Gasteiger charge is 2.47. The van der Waals surface area contributed by atoms with E-state index in [1.165, 1.54) is 6.20 Å². The lowest BCUT2D eigenvalue weighted by atomic mass is 9.77. The van der Waals surface area contributed by atoms with Crippen LogP contribution in [0.25, 0.3) is 17.0 Å². The Balaban J connectivity index is 1.64. The third kappa shape index (κ3) is 3.98. The molecule has 0 bridgehead atoms. The van der Waals surface area contributed by atoms with Crippen molar-refractivity contribution >= 4 is 11.8 Å². The highest BCUT2D eigenvalue weighted by atomic mass is 16.5. The molecule has 1 atom stereocenters. The average Bonchev–Trinajstić information content (AvgIpc) is 3.37. The zero-order valence-electron chi connectivity index (χ0n) is 17.9. The van der Waals surface area contributed by atoms with Crippen molar-refractivity contribution in [2.75, 3.05) is 7.05 Å². The molecule has 3 aromatic rings. The first kappa shape index (κ1) is 20.5. The first-order valence-electron chi connectivity index (χ1n) is 10.1. The van der Waals surface area contributed by atoms with Gasteiger partial charge in [0.1, 0.15) is 5.82 Å². The summed E-state index contributed by atoms with van der Waals surface area (Å²) < 4.78 is 7.27. The summed E-state index contributed by atoms with van der Waals surface area (Å²) in [7, 11) is 3.61. The lowest BCUT2D eigenvalue weighted by molar-refractivity contribution is 0.386. The number of aliphatic imine (C=N–C) groups is 1. The summed E-state index contributed by atoms with van der Waals surface area (Å²) in [6, 6.07) is 3.98. The summed E-state index contributed by atoms with van der Waals surface area (Å²) in [6.45, 7) is 5.93. The van der Waals surface area contributed by atoms with Crippen molar-refractivity contribution in [2.24, 2.45) is 23.7 Å². The Morgan fingerprint density at radius 2 is 2.19 bits per heavy atom. The van der Waals surface area contributed by atoms with Gasteiger partial charge in [0.2, 0.25) is 0 Å². The highest BCUT2D eigenvalue weighted by molar-refractivity contribution is 6.09. The van der Waals surface area contributed by atoms with E-state index in [1.54, 1.807) is 24.1 Å². The Bertz CT molecular complexity index is 1140. The molecule has 0 unspecified atom stereocenters. The van der Waals surface area contributed by atoms with Gasteiger partial charge in [-0.2, -0.15) is 10.1 Å². The zero-order chi connectivity index (χ0) is 22.0. The van der Waals surface area contributed by atoms with Crippen molar-refractivity contribution in [3.05, 3.63) is 66.4 Å². The van der Waals surface area contributed by atoms with Crippen LogP contribution in [0.4, 0.5) is 0 Å². The molecule has 9 nitrogen and oxygen atoms in total. The van der Waals surface area contributed by atoms with E-state index >= 15 is 0 Å². The van der Waals surface area contributed by atoms with Gasteiger partial charge in [0, 0.05) is 44.5 Å². The largest absolute Gasteiger partial charge is 0.404 e. The Morgan fingerprint density at radius 3 is 2.77 bits per heavy atom. The van der Waals surface area contributed by atoms with Gasteiger partial charge in [0.15, 0.2) is 5.82 Å². The van der Waals surface area contributed by atoms with E-state index in [1.807, 2.05) is 31.6 Å². The fraction of sp³-hybridized carbons (Fsp3) is 0.318. The summed E-state index contributed by atoms with van der Waals surface area (Å²) in [5.74, 6) is 2.10. The predicted octanol–water partition coefficient (Wildman–Crippen LogP) is 2.64. The standard InChI is InChI=1S/C22H26N8O/c1-14(24-3)25-10-15(9-23)19-8-7-18(12-26-19)22(2,17-5-6-17)21-28-20(31-29-21)16-11-27-30(4)13-16/h7-13,17,24H,1,5-6,23H2,2-4H3/b15-9+,25-10-/t22-/m1/s1. The Labute approximate surface area is 180 Å². The average molecular weight is 419 g/mol. The van der Waals surface area contributed by atoms with Crippen LogP contribution in [0.1, 0.15) is 36.8 Å². The van der Waals surface area contributed by atoms with Gasteiger partial charge < -0.3 is 15.6 Å². The summed E-state index contributed by atoms with van der Waals surface area (Å²) in [5, 5.41) is 11.4. The van der Waals surface area contributed by atoms with Gasteiger partial charge in [-0.05, 0) is 37.3 Å². The Hall–Kier alpha value is -3.75. The van der Waals surface area contributed by atoms with Crippen LogP contribution >= 0.6 is 0 Å². The maximum Gasteiger partial charge on any atom is 0.261 e. The maximum absolute atomic E-state index is 5.78. The van der Waals surface area contributed by atoms with Gasteiger partial charge in [-0.1, -0.05) is 17.8 Å². The van der Waals surface area contributed by atoms with E-state index in [0.29, 0.717) is 29.0 Å². The second-order valence-electron chi connectivity index (χ2n) is 7.81. The van der Waals surface area contributed by atoms with Crippen molar-refractivity contribution in [3.8, 4) is 11.5 Å². The topological polar surface area (TPSA) is 120 Å². The number of nitrogens with zero attached hydrogens (tertiary/aromatic N) is 6. The number of hydrogen-bond donors (Lipinski definition) is 2. The molecule has 1 aliphatic rings. The summed E-state index contributed by atoms with van der Waals surface area (Å²) in [6.07, 6.45) is 10.8. The van der Waals surface area contributed by atoms with Crippen LogP contribution in [0.2, 0.25) is 0 Å². The number of aryl methyl sites for hydroxylation is 1. The predicted molar refractivity (Wildman–Crippen MR) is 119 cm³/mol. The molecule has 1 saturated carbocycles. The molecule has 160 valence electrons. The molecule has 9 heteroatoms. The summed E-state index contributed by atoms with van der Waals surface area (Å²) in [5.41, 5.74) is 8.65. The van der Waals surface area contributed by atoms with E-state index in [0.717, 1.165) is 29.7 Å². The quantitative estimate of drug-likeness (QED) is 0.540. The van der Waals surface area contributed by atoms with Gasteiger partial charge in [-0.15, -0.1) is 0 Å². The molecule has 4 rings (SSSR count). The molecule has 3 N–H and O–H groups in total. The lowest BCUT2D eigenvalue weighted by Gasteiger charge is -2.26. The SMILES string of the molecule is C=C(/N=C\C(=C/N)c1ccc([C@](C)(c2noc(-c3cnn(C)c3)n2)C2CC2)cn1)NC. The van der Waals surface area contributed by atoms with Crippen LogP contribution in [0.3, 0.4) is 0 Å². The molecule has 0 saturated heterocycles. The highest BCUT2D eigenvalue weighted by Crippen LogP contribution is 2.50. The molecule has 1 aliphatic carbocycles. The number of pyridine rings is 1. The normalized spacial score (nSPS) is 16.4. The van der Waals surface area contributed by atoms with Gasteiger partial charge in [0.25, 0.3) is 5.89 Å². The van der Waals surface area contributed by atoms with Crippen LogP contribution in [-0.4, -0.2) is 38.2 Å². The number of nitrogens with one attached hydrogen (secondary N) is 1. The van der Waals surface area contributed by atoms with Crippen molar-refractivity contribution in [3.63, 3.8) is 0 Å².